The first-order chi connectivity index (χ1) is 18.0. The Labute approximate surface area is 220 Å². The maximum absolute atomic E-state index is 15.7. The highest BCUT2D eigenvalue weighted by Gasteiger charge is 2.63. The first-order valence-corrected chi connectivity index (χ1v) is 12.9. The topological polar surface area (TPSA) is 224 Å². The quantitative estimate of drug-likeness (QED) is 0.129. The Bertz CT molecular complexity index is 1120. The minimum atomic E-state index is -4.92. The van der Waals surface area contributed by atoms with Gasteiger partial charge in [-0.05, 0) is 34.6 Å². The number of alkyl halides is 1. The number of hydrogen-bond donors (Lipinski definition) is 4. The number of phosphoric acid groups is 1. The van der Waals surface area contributed by atoms with E-state index in [0.717, 1.165) is 19.2 Å². The Morgan fingerprint density at radius 3 is 2.44 bits per heavy atom. The molecule has 2 rings (SSSR count). The zero-order valence-corrected chi connectivity index (χ0v) is 22.6. The van der Waals surface area contributed by atoms with Crippen molar-refractivity contribution in [2.75, 3.05) is 20.2 Å². The second-order valence-electron chi connectivity index (χ2n) is 8.84. The lowest BCUT2D eigenvalue weighted by atomic mass is 9.95. The Morgan fingerprint density at radius 2 is 1.85 bits per heavy atom. The van der Waals surface area contributed by atoms with Gasteiger partial charge in [-0.1, -0.05) is 0 Å². The van der Waals surface area contributed by atoms with E-state index in [1.54, 1.807) is 13.8 Å². The van der Waals surface area contributed by atoms with E-state index < -0.39 is 87.9 Å². The second kappa shape index (κ2) is 13.4. The first-order valence-electron chi connectivity index (χ1n) is 11.4. The number of aliphatic hydroxyl groups excluding tert-OH is 2. The van der Waals surface area contributed by atoms with E-state index in [1.807, 2.05) is 4.98 Å². The highest BCUT2D eigenvalue weighted by atomic mass is 31.2. The summed E-state index contributed by atoms with van der Waals surface area (Å²) in [4.78, 5) is 36.9. The fourth-order valence-electron chi connectivity index (χ4n) is 3.07. The van der Waals surface area contributed by atoms with E-state index in [4.69, 9.17) is 32.5 Å². The van der Waals surface area contributed by atoms with Crippen LogP contribution in [-0.2, 0) is 41.8 Å². The van der Waals surface area contributed by atoms with Crippen LogP contribution in [0.3, 0.4) is 0 Å². The second-order valence-corrected chi connectivity index (χ2v) is 10.5. The van der Waals surface area contributed by atoms with E-state index in [0.29, 0.717) is 4.57 Å². The zero-order valence-electron chi connectivity index (χ0n) is 21.7. The minimum Gasteiger partial charge on any atom is -0.432 e. The van der Waals surface area contributed by atoms with Crippen LogP contribution in [-0.4, -0.2) is 87.5 Å². The van der Waals surface area contributed by atoms with Crippen LogP contribution in [0.2, 0.25) is 0 Å². The molecule has 0 saturated carbocycles. The highest BCUT2D eigenvalue weighted by molar-refractivity contribution is 7.48. The summed E-state index contributed by atoms with van der Waals surface area (Å²) in [5.41, 5.74) is -4.35. The number of aliphatic hydroxyl groups is 3. The molecule has 1 aromatic rings. The molecule has 4 N–H and O–H groups in total. The normalized spacial score (nSPS) is 27.5. The van der Waals surface area contributed by atoms with Gasteiger partial charge in [0.15, 0.2) is 13.0 Å². The number of nitrogens with zero attached hydrogens (tertiary/aromatic N) is 1. The van der Waals surface area contributed by atoms with Crippen LogP contribution < -0.4 is 11.2 Å². The maximum Gasteiger partial charge on any atom is 0.510 e. The number of rotatable bonds is 14. The monoisotopic (exact) mass is 590 g/mol. The predicted molar refractivity (Wildman–Crippen MR) is 123 cm³/mol. The van der Waals surface area contributed by atoms with Gasteiger partial charge in [-0.2, -0.15) is 0 Å². The molecular weight excluding hydrogens is 558 g/mol. The molecule has 39 heavy (non-hydrogen) atoms. The third-order valence-electron chi connectivity index (χ3n) is 4.82. The molecule has 0 aromatic carbocycles. The van der Waals surface area contributed by atoms with Crippen LogP contribution in [0.25, 0.3) is 0 Å². The van der Waals surface area contributed by atoms with Gasteiger partial charge in [-0.3, -0.25) is 23.4 Å². The fourth-order valence-corrected chi connectivity index (χ4v) is 4.00. The van der Waals surface area contributed by atoms with Crippen molar-refractivity contribution in [3.8, 4) is 0 Å². The number of H-pyrrole nitrogens is 1. The number of hydrogen-bond acceptors (Lipinski definition) is 15. The number of aromatic nitrogens is 2. The number of aromatic amines is 1. The summed E-state index contributed by atoms with van der Waals surface area (Å²) in [5.74, 6) is -3.33. The molecule has 0 radical (unpaired) electrons. The zero-order chi connectivity index (χ0) is 29.6. The average Bonchev–Trinajstić information content (AvgIpc) is 2.97. The van der Waals surface area contributed by atoms with E-state index in [9.17, 15) is 34.3 Å². The van der Waals surface area contributed by atoms with Crippen LogP contribution in [0, 0.1) is 0 Å². The van der Waals surface area contributed by atoms with Crippen molar-refractivity contribution in [1.82, 2.24) is 9.55 Å². The summed E-state index contributed by atoms with van der Waals surface area (Å²) < 4.78 is 67.9. The van der Waals surface area contributed by atoms with Gasteiger partial charge in [0.05, 0.1) is 12.2 Å². The molecule has 2 unspecified atom stereocenters. The first kappa shape index (κ1) is 33.0. The number of phosphoric ester groups is 1. The van der Waals surface area contributed by atoms with Crippen LogP contribution >= 0.6 is 7.82 Å². The van der Waals surface area contributed by atoms with Crippen molar-refractivity contribution >= 4 is 14.0 Å². The van der Waals surface area contributed by atoms with Crippen molar-refractivity contribution in [2.45, 2.75) is 77.1 Å². The van der Waals surface area contributed by atoms with Crippen molar-refractivity contribution in [3.05, 3.63) is 33.1 Å². The van der Waals surface area contributed by atoms with E-state index in [2.05, 4.69) is 4.74 Å². The van der Waals surface area contributed by atoms with Gasteiger partial charge in [0.25, 0.3) is 17.9 Å². The van der Waals surface area contributed by atoms with Crippen LogP contribution in [0.5, 0.6) is 0 Å². The van der Waals surface area contributed by atoms with Crippen LogP contribution in [0.15, 0.2) is 21.9 Å². The Balaban J connectivity index is 2.16. The van der Waals surface area contributed by atoms with Crippen LogP contribution in [0.1, 0.15) is 40.8 Å². The number of carbonyl (C=O) groups excluding carboxylic acids is 1. The molecule has 224 valence electrons. The number of halogens is 1. The molecule has 1 aromatic heterocycles. The number of ether oxygens (including phenoxy) is 5. The van der Waals surface area contributed by atoms with Gasteiger partial charge in [0.1, 0.15) is 18.3 Å². The van der Waals surface area contributed by atoms with Gasteiger partial charge < -0.3 is 39.0 Å². The molecule has 6 atom stereocenters. The molecule has 1 aliphatic heterocycles. The van der Waals surface area contributed by atoms with Gasteiger partial charge in [-0.25, -0.2) is 23.1 Å². The molecule has 2 heterocycles. The molecule has 0 aliphatic carbocycles. The Hall–Kier alpha value is -2.25. The summed E-state index contributed by atoms with van der Waals surface area (Å²) in [6.07, 6.45) is -5.63. The van der Waals surface area contributed by atoms with Crippen molar-refractivity contribution in [1.29, 1.82) is 0 Å². The average molecular weight is 590 g/mol. The van der Waals surface area contributed by atoms with Crippen LogP contribution in [0.4, 0.5) is 9.18 Å². The van der Waals surface area contributed by atoms with Gasteiger partial charge >= 0.3 is 19.7 Å². The Kier molecular flexibility index (Phi) is 11.3. The molecule has 19 heteroatoms. The standard InChI is InChI=1S/C20H32FN2O15P/c1-11(2)36-17(27)31-9-34-39(30,35-10-32-18(28)37-12(3)4)33-8-20(21)14(25)19(5,29)15(38-20)23-7-6-13(24)22-16(23)26/h6-7,11-12,14-15,17,25,27,29H,8-10H2,1-5H3,(H,22,24,26)/t14-,15+,17?,19+,20+,39?/m0/s1. The van der Waals surface area contributed by atoms with Gasteiger partial charge in [0, 0.05) is 12.3 Å². The Morgan fingerprint density at radius 1 is 1.21 bits per heavy atom. The fraction of sp³-hybridized carbons (Fsp3) is 0.750. The molecule has 0 amide bonds. The van der Waals surface area contributed by atoms with Crippen molar-refractivity contribution in [2.24, 2.45) is 0 Å². The van der Waals surface area contributed by atoms with Crippen molar-refractivity contribution < 1.29 is 66.3 Å². The smallest absolute Gasteiger partial charge is 0.432 e. The summed E-state index contributed by atoms with van der Waals surface area (Å²) in [5, 5.41) is 30.8. The molecule has 1 fully saturated rings. The lowest BCUT2D eigenvalue weighted by Gasteiger charge is -2.28. The summed E-state index contributed by atoms with van der Waals surface area (Å²) in [7, 11) is -4.92. The summed E-state index contributed by atoms with van der Waals surface area (Å²) >= 11 is 0. The lowest BCUT2D eigenvalue weighted by Crippen LogP contribution is -2.50. The van der Waals surface area contributed by atoms with Gasteiger partial charge in [-0.15, -0.1) is 0 Å². The molecule has 1 saturated heterocycles. The summed E-state index contributed by atoms with van der Waals surface area (Å²) in [6.45, 7) is 1.81. The third kappa shape index (κ3) is 9.14. The van der Waals surface area contributed by atoms with E-state index >= 15 is 4.39 Å². The van der Waals surface area contributed by atoms with Gasteiger partial charge in [0.2, 0.25) is 6.79 Å². The molecule has 0 bridgehead atoms. The SMILES string of the molecule is CC(C)OC(=O)OCOP(=O)(OCOC(O)OC(C)C)OC[C@@]1(F)O[C@@H](n2ccc(=O)[nH]c2=O)[C@](C)(O)[C@@H]1O. The molecular formula is C20H32FN2O15P. The third-order valence-corrected chi connectivity index (χ3v) is 6.11. The summed E-state index contributed by atoms with van der Waals surface area (Å²) in [6, 6.07) is 0.888. The van der Waals surface area contributed by atoms with E-state index in [-0.39, 0.29) is 0 Å². The number of nitrogens with one attached hydrogen (secondary N) is 1. The molecule has 1 aliphatic rings. The number of carbonyl (C=O) groups is 1. The minimum absolute atomic E-state index is 0.470. The highest BCUT2D eigenvalue weighted by Crippen LogP contribution is 2.53. The largest absolute Gasteiger partial charge is 0.510 e. The molecule has 0 spiro atoms. The molecule has 17 nitrogen and oxygen atoms in total. The van der Waals surface area contributed by atoms with E-state index in [1.165, 1.54) is 13.8 Å². The maximum atomic E-state index is 15.7. The predicted octanol–water partition coefficient (Wildman–Crippen LogP) is 0.195. The van der Waals surface area contributed by atoms with Crippen molar-refractivity contribution in [3.63, 3.8) is 0 Å². The lowest BCUT2D eigenvalue weighted by molar-refractivity contribution is -0.295.